The van der Waals surface area contributed by atoms with Gasteiger partial charge in [-0.15, -0.1) is 0 Å². The van der Waals surface area contributed by atoms with Crippen LogP contribution in [0.2, 0.25) is 10.0 Å². The molecule has 0 atom stereocenters. The van der Waals surface area contributed by atoms with Gasteiger partial charge in [0.25, 0.3) is 0 Å². The van der Waals surface area contributed by atoms with Crippen LogP contribution in [-0.2, 0) is 12.4 Å². The first-order valence-electron chi connectivity index (χ1n) is 5.74. The molecule has 0 fully saturated rings. The molecule has 0 radical (unpaired) electrons. The third-order valence-electron chi connectivity index (χ3n) is 2.88. The van der Waals surface area contributed by atoms with Gasteiger partial charge in [-0.05, 0) is 35.4 Å². The van der Waals surface area contributed by atoms with E-state index in [9.17, 15) is 26.3 Å². The molecule has 8 heteroatoms. The van der Waals surface area contributed by atoms with E-state index in [1.807, 2.05) is 0 Å². The molecule has 2 aromatic carbocycles. The fraction of sp³-hybridized carbons (Fsp3) is 0.143. The van der Waals surface area contributed by atoms with E-state index in [-0.39, 0.29) is 11.1 Å². The van der Waals surface area contributed by atoms with Gasteiger partial charge in [-0.3, -0.25) is 0 Å². The lowest BCUT2D eigenvalue weighted by molar-refractivity contribution is -0.138. The summed E-state index contributed by atoms with van der Waals surface area (Å²) in [5.41, 5.74) is -2.32. The van der Waals surface area contributed by atoms with Crippen molar-refractivity contribution in [1.82, 2.24) is 0 Å². The van der Waals surface area contributed by atoms with Gasteiger partial charge in [0.2, 0.25) is 0 Å². The first-order chi connectivity index (χ1) is 10.00. The molecule has 0 aliphatic rings. The summed E-state index contributed by atoms with van der Waals surface area (Å²) in [7, 11) is 0. The monoisotopic (exact) mass is 358 g/mol. The summed E-state index contributed by atoms with van der Waals surface area (Å²) in [5, 5.41) is -1.05. The van der Waals surface area contributed by atoms with Crippen LogP contribution in [0.25, 0.3) is 11.1 Å². The fourth-order valence-electron chi connectivity index (χ4n) is 1.84. The molecule has 22 heavy (non-hydrogen) atoms. The maximum Gasteiger partial charge on any atom is 0.417 e. The van der Waals surface area contributed by atoms with E-state index in [2.05, 4.69) is 0 Å². The summed E-state index contributed by atoms with van der Waals surface area (Å²) in [5.74, 6) is 0. The van der Waals surface area contributed by atoms with E-state index >= 15 is 0 Å². The van der Waals surface area contributed by atoms with Crippen LogP contribution >= 0.6 is 23.2 Å². The quantitative estimate of drug-likeness (QED) is 0.497. The first kappa shape index (κ1) is 17.0. The summed E-state index contributed by atoms with van der Waals surface area (Å²) >= 11 is 11.0. The molecule has 0 aromatic heterocycles. The van der Waals surface area contributed by atoms with Crippen molar-refractivity contribution >= 4 is 23.2 Å². The minimum atomic E-state index is -4.70. The molecule has 0 heterocycles. The average molecular weight is 359 g/mol. The minimum absolute atomic E-state index is 0.0427. The highest BCUT2D eigenvalue weighted by molar-refractivity contribution is 6.32. The third kappa shape index (κ3) is 3.50. The average Bonchev–Trinajstić information content (AvgIpc) is 2.37. The van der Waals surface area contributed by atoms with Crippen LogP contribution < -0.4 is 0 Å². The molecular formula is C14H6Cl2F6. The van der Waals surface area contributed by atoms with Crippen molar-refractivity contribution in [1.29, 1.82) is 0 Å². The van der Waals surface area contributed by atoms with Gasteiger partial charge in [-0.2, -0.15) is 26.3 Å². The van der Waals surface area contributed by atoms with Crippen LogP contribution in [0.5, 0.6) is 0 Å². The fourth-order valence-corrected chi connectivity index (χ4v) is 2.29. The predicted octanol–water partition coefficient (Wildman–Crippen LogP) is 6.70. The lowest BCUT2D eigenvalue weighted by atomic mass is 10.0. The highest BCUT2D eigenvalue weighted by Crippen LogP contribution is 2.40. The molecule has 0 nitrogen and oxygen atoms in total. The van der Waals surface area contributed by atoms with Crippen molar-refractivity contribution < 1.29 is 26.3 Å². The Bertz CT molecular complexity index is 642. The number of hydrogen-bond donors (Lipinski definition) is 0. The highest BCUT2D eigenvalue weighted by Gasteiger charge is 2.35. The number of alkyl halides is 6. The highest BCUT2D eigenvalue weighted by atomic mass is 35.5. The standard InChI is InChI=1S/C14H6Cl2F6/c15-11-3-1-7(5-9(11)13(17,18)19)8-2-4-12(16)10(6-8)14(20,21)22/h1-6H. The van der Waals surface area contributed by atoms with Gasteiger partial charge >= 0.3 is 12.4 Å². The smallest absolute Gasteiger partial charge is 0.166 e. The molecule has 0 aliphatic carbocycles. The zero-order chi connectivity index (χ0) is 16.7. The van der Waals surface area contributed by atoms with Crippen LogP contribution in [-0.4, -0.2) is 0 Å². The van der Waals surface area contributed by atoms with Gasteiger partial charge in [0.15, 0.2) is 0 Å². The molecule has 0 saturated carbocycles. The molecular weight excluding hydrogens is 353 g/mol. The van der Waals surface area contributed by atoms with Crippen LogP contribution in [0.1, 0.15) is 11.1 Å². The van der Waals surface area contributed by atoms with Crippen LogP contribution in [0.3, 0.4) is 0 Å². The Morgan fingerprint density at radius 2 is 0.909 bits per heavy atom. The van der Waals surface area contributed by atoms with Gasteiger partial charge in [0.1, 0.15) is 0 Å². The van der Waals surface area contributed by atoms with Crippen molar-refractivity contribution in [3.8, 4) is 11.1 Å². The number of hydrogen-bond acceptors (Lipinski definition) is 0. The molecule has 0 bridgehead atoms. The second kappa shape index (κ2) is 5.66. The normalized spacial score (nSPS) is 12.5. The zero-order valence-electron chi connectivity index (χ0n) is 10.5. The summed E-state index contributed by atoms with van der Waals surface area (Å²) in [6, 6.07) is 5.79. The van der Waals surface area contributed by atoms with Gasteiger partial charge in [-0.25, -0.2) is 0 Å². The van der Waals surface area contributed by atoms with Crippen molar-refractivity contribution in [2.75, 3.05) is 0 Å². The number of benzene rings is 2. The Balaban J connectivity index is 2.59. The lowest BCUT2D eigenvalue weighted by Gasteiger charge is -2.13. The van der Waals surface area contributed by atoms with E-state index < -0.39 is 33.5 Å². The second-order valence-corrected chi connectivity index (χ2v) is 5.20. The number of halogens is 8. The molecule has 0 amide bonds. The van der Waals surface area contributed by atoms with Gasteiger partial charge < -0.3 is 0 Å². The molecule has 2 rings (SSSR count). The Labute approximate surface area is 131 Å². The Hall–Kier alpha value is -1.40. The van der Waals surface area contributed by atoms with Crippen LogP contribution in [0.15, 0.2) is 36.4 Å². The van der Waals surface area contributed by atoms with Crippen LogP contribution in [0.4, 0.5) is 26.3 Å². The first-order valence-corrected chi connectivity index (χ1v) is 6.49. The van der Waals surface area contributed by atoms with Gasteiger partial charge in [0, 0.05) is 0 Å². The summed E-state index contributed by atoms with van der Waals surface area (Å²) in [6.07, 6.45) is -9.40. The third-order valence-corrected chi connectivity index (χ3v) is 3.54. The molecule has 0 aliphatic heterocycles. The minimum Gasteiger partial charge on any atom is -0.166 e. The number of rotatable bonds is 1. The summed E-state index contributed by atoms with van der Waals surface area (Å²) < 4.78 is 76.7. The molecule has 0 unspecified atom stereocenters. The summed E-state index contributed by atoms with van der Waals surface area (Å²) in [4.78, 5) is 0. The second-order valence-electron chi connectivity index (χ2n) is 4.38. The molecule has 118 valence electrons. The molecule has 0 saturated heterocycles. The lowest BCUT2D eigenvalue weighted by Crippen LogP contribution is -2.07. The largest absolute Gasteiger partial charge is 0.417 e. The molecule has 0 N–H and O–H groups in total. The maximum absolute atomic E-state index is 12.8. The summed E-state index contributed by atoms with van der Waals surface area (Å²) in [6.45, 7) is 0. The van der Waals surface area contributed by atoms with Crippen molar-refractivity contribution in [3.63, 3.8) is 0 Å². The van der Waals surface area contributed by atoms with Crippen molar-refractivity contribution in [3.05, 3.63) is 57.6 Å². The van der Waals surface area contributed by atoms with E-state index in [1.165, 1.54) is 12.1 Å². The predicted molar refractivity (Wildman–Crippen MR) is 71.9 cm³/mol. The SMILES string of the molecule is FC(F)(F)c1cc(-c2ccc(Cl)c(C(F)(F)F)c2)ccc1Cl. The van der Waals surface area contributed by atoms with Gasteiger partial charge in [0.05, 0.1) is 21.2 Å². The van der Waals surface area contributed by atoms with E-state index in [4.69, 9.17) is 23.2 Å². The van der Waals surface area contributed by atoms with Gasteiger partial charge in [-0.1, -0.05) is 35.3 Å². The van der Waals surface area contributed by atoms with Crippen LogP contribution in [0, 0.1) is 0 Å². The molecule has 2 aromatic rings. The van der Waals surface area contributed by atoms with Crippen molar-refractivity contribution in [2.45, 2.75) is 12.4 Å². The Kier molecular flexibility index (Phi) is 4.37. The maximum atomic E-state index is 12.8. The van der Waals surface area contributed by atoms with Crippen molar-refractivity contribution in [2.24, 2.45) is 0 Å². The van der Waals surface area contributed by atoms with E-state index in [0.717, 1.165) is 12.1 Å². The Morgan fingerprint density at radius 1 is 0.591 bits per heavy atom. The van der Waals surface area contributed by atoms with E-state index in [0.29, 0.717) is 12.1 Å². The molecule has 0 spiro atoms. The zero-order valence-corrected chi connectivity index (χ0v) is 12.0. The topological polar surface area (TPSA) is 0 Å². The van der Waals surface area contributed by atoms with E-state index in [1.54, 1.807) is 0 Å². The Morgan fingerprint density at radius 3 is 1.18 bits per heavy atom.